The molecular weight excluding hydrogens is 357 g/mol. The quantitative estimate of drug-likeness (QED) is 0.868. The van der Waals surface area contributed by atoms with Gasteiger partial charge in [0.1, 0.15) is 5.82 Å². The minimum absolute atomic E-state index is 0. The number of hydrogen-bond donors (Lipinski definition) is 1. The molecule has 0 aliphatic carbocycles. The van der Waals surface area contributed by atoms with Gasteiger partial charge in [-0.3, -0.25) is 9.59 Å². The van der Waals surface area contributed by atoms with Gasteiger partial charge in [0, 0.05) is 38.3 Å². The predicted molar refractivity (Wildman–Crippen MR) is 101 cm³/mol. The van der Waals surface area contributed by atoms with Crippen LogP contribution < -0.4 is 5.32 Å². The van der Waals surface area contributed by atoms with E-state index in [0.29, 0.717) is 18.7 Å². The van der Waals surface area contributed by atoms with Crippen molar-refractivity contribution in [3.05, 3.63) is 35.6 Å². The number of benzene rings is 1. The van der Waals surface area contributed by atoms with E-state index in [4.69, 9.17) is 0 Å². The van der Waals surface area contributed by atoms with Crippen LogP contribution in [0.1, 0.15) is 37.7 Å². The molecule has 2 aliphatic rings. The average molecular weight is 384 g/mol. The second-order valence-corrected chi connectivity index (χ2v) is 6.86. The van der Waals surface area contributed by atoms with Crippen molar-refractivity contribution in [1.29, 1.82) is 0 Å². The number of rotatable bonds is 4. The highest BCUT2D eigenvalue weighted by molar-refractivity contribution is 5.89. The Morgan fingerprint density at radius 1 is 1.12 bits per heavy atom. The van der Waals surface area contributed by atoms with Crippen LogP contribution in [0.3, 0.4) is 0 Å². The van der Waals surface area contributed by atoms with Crippen molar-refractivity contribution >= 4 is 24.2 Å². The molecule has 2 amide bonds. The van der Waals surface area contributed by atoms with Crippen LogP contribution in [-0.4, -0.2) is 53.8 Å². The highest BCUT2D eigenvalue weighted by atomic mass is 35.5. The normalized spacial score (nSPS) is 21.1. The summed E-state index contributed by atoms with van der Waals surface area (Å²) < 4.78 is 13.8. The van der Waals surface area contributed by atoms with Crippen molar-refractivity contribution in [3.63, 3.8) is 0 Å². The van der Waals surface area contributed by atoms with Crippen molar-refractivity contribution in [2.75, 3.05) is 26.2 Å². The summed E-state index contributed by atoms with van der Waals surface area (Å²) in [4.78, 5) is 28.8. The molecule has 2 aliphatic heterocycles. The molecule has 0 bridgehead atoms. The molecule has 26 heavy (non-hydrogen) atoms. The molecule has 0 spiro atoms. The lowest BCUT2D eigenvalue weighted by molar-refractivity contribution is -0.141. The number of nitrogens with one attached hydrogen (secondary N) is 1. The Bertz CT molecular complexity index is 621. The molecule has 0 saturated carbocycles. The fourth-order valence-electron chi connectivity index (χ4n) is 3.56. The van der Waals surface area contributed by atoms with Gasteiger partial charge in [0.05, 0.1) is 12.5 Å². The number of carbonyl (C=O) groups excluding carboxylic acids is 2. The van der Waals surface area contributed by atoms with E-state index in [1.165, 1.54) is 18.9 Å². The lowest BCUT2D eigenvalue weighted by Crippen LogP contribution is -2.56. The summed E-state index contributed by atoms with van der Waals surface area (Å²) in [6, 6.07) is 6.01. The summed E-state index contributed by atoms with van der Waals surface area (Å²) >= 11 is 0. The smallest absolute Gasteiger partial charge is 0.240 e. The minimum atomic E-state index is -0.503. The number of piperazine rings is 1. The summed E-state index contributed by atoms with van der Waals surface area (Å²) in [5.74, 6) is -0.371. The van der Waals surface area contributed by atoms with Gasteiger partial charge in [-0.25, -0.2) is 4.39 Å². The first kappa shape index (κ1) is 20.6. The maximum atomic E-state index is 13.8. The number of nitrogens with zero attached hydrogens (tertiary/aromatic N) is 2. The third-order valence-corrected chi connectivity index (χ3v) is 5.04. The van der Waals surface area contributed by atoms with Gasteiger partial charge in [0.15, 0.2) is 0 Å². The molecule has 0 radical (unpaired) electrons. The van der Waals surface area contributed by atoms with Crippen molar-refractivity contribution in [2.24, 2.45) is 0 Å². The first-order valence-electron chi connectivity index (χ1n) is 9.18. The number of amides is 2. The van der Waals surface area contributed by atoms with Gasteiger partial charge in [0.2, 0.25) is 11.8 Å². The highest BCUT2D eigenvalue weighted by Crippen LogP contribution is 2.16. The molecule has 3 rings (SSSR count). The summed E-state index contributed by atoms with van der Waals surface area (Å²) in [6.07, 6.45) is 4.60. The van der Waals surface area contributed by atoms with E-state index in [9.17, 15) is 14.0 Å². The molecule has 144 valence electrons. The van der Waals surface area contributed by atoms with Crippen LogP contribution in [0, 0.1) is 5.82 Å². The van der Waals surface area contributed by atoms with Gasteiger partial charge in [-0.15, -0.1) is 12.4 Å². The van der Waals surface area contributed by atoms with Gasteiger partial charge in [-0.05, 0) is 18.9 Å². The summed E-state index contributed by atoms with van der Waals surface area (Å²) in [5, 5.41) is 3.15. The Hall–Kier alpha value is -1.66. The number of likely N-dealkylation sites (tertiary alicyclic amines) is 1. The highest BCUT2D eigenvalue weighted by Gasteiger charge is 2.31. The lowest BCUT2D eigenvalue weighted by Gasteiger charge is -2.34. The number of carbonyl (C=O) groups is 2. The Balaban J connectivity index is 0.00000243. The Morgan fingerprint density at radius 2 is 1.81 bits per heavy atom. The van der Waals surface area contributed by atoms with E-state index in [1.807, 2.05) is 4.90 Å². The van der Waals surface area contributed by atoms with Crippen LogP contribution in [0.2, 0.25) is 0 Å². The van der Waals surface area contributed by atoms with Crippen molar-refractivity contribution in [1.82, 2.24) is 15.1 Å². The average Bonchev–Trinajstić information content (AvgIpc) is 2.90. The molecule has 1 atom stereocenters. The standard InChI is InChI=1S/C19H26FN3O2.ClH/c20-16-8-4-3-7-15(16)14-23-12-9-21-17(19(23)25)13-18(24)22-10-5-1-2-6-11-22;/h3-4,7-8,17,21H,1-2,5-6,9-14H2;1H. The van der Waals surface area contributed by atoms with E-state index >= 15 is 0 Å². The largest absolute Gasteiger partial charge is 0.343 e. The predicted octanol–water partition coefficient (Wildman–Crippen LogP) is 2.34. The van der Waals surface area contributed by atoms with Crippen LogP contribution in [-0.2, 0) is 16.1 Å². The Morgan fingerprint density at radius 3 is 2.50 bits per heavy atom. The zero-order chi connectivity index (χ0) is 17.6. The first-order valence-corrected chi connectivity index (χ1v) is 9.18. The summed E-state index contributed by atoms with van der Waals surface area (Å²) in [5.41, 5.74) is 0.510. The SMILES string of the molecule is Cl.O=C(CC1NCCN(Cc2ccccc2F)C1=O)N1CCCCCC1. The molecule has 1 aromatic carbocycles. The third kappa shape index (κ3) is 5.17. The van der Waals surface area contributed by atoms with Gasteiger partial charge in [-0.1, -0.05) is 31.0 Å². The topological polar surface area (TPSA) is 52.7 Å². The molecule has 2 saturated heterocycles. The molecule has 1 N–H and O–H groups in total. The van der Waals surface area contributed by atoms with Crippen molar-refractivity contribution < 1.29 is 14.0 Å². The summed E-state index contributed by atoms with van der Waals surface area (Å²) in [6.45, 7) is 2.98. The van der Waals surface area contributed by atoms with Crippen LogP contribution in [0.4, 0.5) is 4.39 Å². The van der Waals surface area contributed by atoms with Crippen molar-refractivity contribution in [2.45, 2.75) is 44.7 Å². The first-order chi connectivity index (χ1) is 12.1. The molecule has 2 heterocycles. The Kier molecular flexibility index (Phi) is 7.85. The van der Waals surface area contributed by atoms with E-state index in [1.54, 1.807) is 23.1 Å². The number of hydrogen-bond acceptors (Lipinski definition) is 3. The van der Waals surface area contributed by atoms with Crippen LogP contribution >= 0.6 is 12.4 Å². The maximum Gasteiger partial charge on any atom is 0.240 e. The monoisotopic (exact) mass is 383 g/mol. The fraction of sp³-hybridized carbons (Fsp3) is 0.579. The molecule has 1 unspecified atom stereocenters. The molecule has 0 aromatic heterocycles. The Labute approximate surface area is 160 Å². The van der Waals surface area contributed by atoms with Crippen LogP contribution in [0.25, 0.3) is 0 Å². The van der Waals surface area contributed by atoms with Gasteiger partial charge in [0.25, 0.3) is 0 Å². The van der Waals surface area contributed by atoms with Gasteiger partial charge in [-0.2, -0.15) is 0 Å². The molecular formula is C19H27ClFN3O2. The minimum Gasteiger partial charge on any atom is -0.343 e. The third-order valence-electron chi connectivity index (χ3n) is 5.04. The summed E-state index contributed by atoms with van der Waals surface area (Å²) in [7, 11) is 0. The maximum absolute atomic E-state index is 13.8. The zero-order valence-corrected chi connectivity index (χ0v) is 15.8. The molecule has 1 aromatic rings. The zero-order valence-electron chi connectivity index (χ0n) is 15.0. The van der Waals surface area contributed by atoms with Crippen LogP contribution in [0.15, 0.2) is 24.3 Å². The lowest BCUT2D eigenvalue weighted by atomic mass is 10.1. The van der Waals surface area contributed by atoms with Crippen LogP contribution in [0.5, 0.6) is 0 Å². The molecule has 5 nitrogen and oxygen atoms in total. The van der Waals surface area contributed by atoms with E-state index < -0.39 is 6.04 Å². The fourth-order valence-corrected chi connectivity index (χ4v) is 3.56. The van der Waals surface area contributed by atoms with E-state index in [0.717, 1.165) is 25.9 Å². The van der Waals surface area contributed by atoms with E-state index in [-0.39, 0.29) is 43.0 Å². The van der Waals surface area contributed by atoms with Gasteiger partial charge < -0.3 is 15.1 Å². The van der Waals surface area contributed by atoms with Gasteiger partial charge >= 0.3 is 0 Å². The second-order valence-electron chi connectivity index (χ2n) is 6.86. The molecule has 2 fully saturated rings. The second kappa shape index (κ2) is 9.88. The van der Waals surface area contributed by atoms with Crippen molar-refractivity contribution in [3.8, 4) is 0 Å². The number of halogens is 2. The molecule has 7 heteroatoms. The van der Waals surface area contributed by atoms with E-state index in [2.05, 4.69) is 5.32 Å².